The standard InChI is InChI=1S/C11H12BrClFNO/c1-2-5-15-11(16)10(13)8-6-7(12)3-4-9(8)14/h3-4,6,10H,2,5H2,1H3,(H,15,16). The summed E-state index contributed by atoms with van der Waals surface area (Å²) in [6.07, 6.45) is 0.816. The second-order valence-corrected chi connectivity index (χ2v) is 4.67. The maximum absolute atomic E-state index is 13.4. The molecule has 0 bridgehead atoms. The fourth-order valence-corrected chi connectivity index (χ4v) is 1.81. The van der Waals surface area contributed by atoms with E-state index in [2.05, 4.69) is 21.2 Å². The molecule has 2 nitrogen and oxygen atoms in total. The number of alkyl halides is 1. The predicted octanol–water partition coefficient (Wildman–Crippen LogP) is 3.39. The smallest absolute Gasteiger partial charge is 0.242 e. The maximum atomic E-state index is 13.4. The molecule has 1 unspecified atom stereocenters. The predicted molar refractivity (Wildman–Crippen MR) is 66.0 cm³/mol. The number of halogens is 3. The highest BCUT2D eigenvalue weighted by atomic mass is 79.9. The molecule has 0 aliphatic rings. The first-order chi connectivity index (χ1) is 7.56. The number of hydrogen-bond acceptors (Lipinski definition) is 1. The van der Waals surface area contributed by atoms with E-state index in [1.54, 1.807) is 6.07 Å². The second-order valence-electron chi connectivity index (χ2n) is 3.32. The lowest BCUT2D eigenvalue weighted by Gasteiger charge is -2.11. The van der Waals surface area contributed by atoms with Crippen molar-refractivity contribution in [2.24, 2.45) is 0 Å². The monoisotopic (exact) mass is 307 g/mol. The zero-order valence-corrected chi connectivity index (χ0v) is 11.1. The number of benzene rings is 1. The molecule has 0 saturated heterocycles. The van der Waals surface area contributed by atoms with Crippen molar-refractivity contribution in [2.75, 3.05) is 6.54 Å². The van der Waals surface area contributed by atoms with Crippen molar-refractivity contribution >= 4 is 33.4 Å². The highest BCUT2D eigenvalue weighted by Gasteiger charge is 2.20. The molecule has 1 atom stereocenters. The highest BCUT2D eigenvalue weighted by Crippen LogP contribution is 2.26. The Bertz CT molecular complexity index is 386. The van der Waals surface area contributed by atoms with Crippen molar-refractivity contribution in [1.29, 1.82) is 0 Å². The molecule has 0 fully saturated rings. The first-order valence-electron chi connectivity index (χ1n) is 4.93. The fourth-order valence-electron chi connectivity index (χ4n) is 1.19. The fraction of sp³-hybridized carbons (Fsp3) is 0.364. The lowest BCUT2D eigenvalue weighted by molar-refractivity contribution is -0.120. The lowest BCUT2D eigenvalue weighted by atomic mass is 10.1. The SMILES string of the molecule is CCCNC(=O)C(Cl)c1cc(Br)ccc1F. The van der Waals surface area contributed by atoms with Gasteiger partial charge in [0.05, 0.1) is 0 Å². The Balaban J connectivity index is 2.82. The molecule has 1 amide bonds. The first-order valence-corrected chi connectivity index (χ1v) is 6.16. The Kier molecular flexibility index (Phi) is 5.22. The van der Waals surface area contributed by atoms with E-state index in [4.69, 9.17) is 11.6 Å². The quantitative estimate of drug-likeness (QED) is 0.849. The minimum absolute atomic E-state index is 0.185. The van der Waals surface area contributed by atoms with E-state index in [-0.39, 0.29) is 11.5 Å². The van der Waals surface area contributed by atoms with Crippen molar-refractivity contribution in [3.8, 4) is 0 Å². The molecular weight excluding hydrogens is 296 g/mol. The summed E-state index contributed by atoms with van der Waals surface area (Å²) in [6.45, 7) is 2.47. The Labute approximate surface area is 107 Å². The number of rotatable bonds is 4. The minimum atomic E-state index is -0.996. The molecule has 88 valence electrons. The second kappa shape index (κ2) is 6.21. The van der Waals surface area contributed by atoms with Gasteiger partial charge in [0.25, 0.3) is 0 Å². The molecule has 0 aliphatic heterocycles. The molecule has 0 aliphatic carbocycles. The Morgan fingerprint density at radius 2 is 2.31 bits per heavy atom. The summed E-state index contributed by atoms with van der Waals surface area (Å²) in [5, 5.41) is 1.63. The van der Waals surface area contributed by atoms with E-state index in [0.29, 0.717) is 11.0 Å². The van der Waals surface area contributed by atoms with E-state index in [1.165, 1.54) is 12.1 Å². The first kappa shape index (κ1) is 13.5. The average Bonchev–Trinajstić information content (AvgIpc) is 2.28. The van der Waals surface area contributed by atoms with Gasteiger partial charge in [-0.2, -0.15) is 0 Å². The van der Waals surface area contributed by atoms with Crippen LogP contribution in [0.25, 0.3) is 0 Å². The van der Waals surface area contributed by atoms with Crippen molar-refractivity contribution in [3.63, 3.8) is 0 Å². The van der Waals surface area contributed by atoms with Gasteiger partial charge in [-0.1, -0.05) is 22.9 Å². The zero-order chi connectivity index (χ0) is 12.1. The number of nitrogens with one attached hydrogen (secondary N) is 1. The van der Waals surface area contributed by atoms with E-state index < -0.39 is 11.2 Å². The van der Waals surface area contributed by atoms with Gasteiger partial charge in [0, 0.05) is 16.6 Å². The van der Waals surface area contributed by atoms with Crippen LogP contribution in [-0.2, 0) is 4.79 Å². The maximum Gasteiger partial charge on any atom is 0.242 e. The molecule has 0 radical (unpaired) electrons. The van der Waals surface area contributed by atoms with Crippen LogP contribution in [-0.4, -0.2) is 12.5 Å². The molecule has 1 aromatic carbocycles. The van der Waals surface area contributed by atoms with Crippen LogP contribution >= 0.6 is 27.5 Å². The van der Waals surface area contributed by atoms with Gasteiger partial charge in [0.15, 0.2) is 0 Å². The van der Waals surface area contributed by atoms with Crippen LogP contribution < -0.4 is 5.32 Å². The summed E-state index contributed by atoms with van der Waals surface area (Å²) in [4.78, 5) is 11.5. The average molecular weight is 309 g/mol. The number of amides is 1. The molecule has 1 N–H and O–H groups in total. The van der Waals surface area contributed by atoms with Crippen molar-refractivity contribution in [2.45, 2.75) is 18.7 Å². The largest absolute Gasteiger partial charge is 0.355 e. The van der Waals surface area contributed by atoms with E-state index in [9.17, 15) is 9.18 Å². The van der Waals surface area contributed by atoms with Crippen molar-refractivity contribution < 1.29 is 9.18 Å². The summed E-state index contributed by atoms with van der Waals surface area (Å²) < 4.78 is 14.1. The minimum Gasteiger partial charge on any atom is -0.355 e. The molecule has 16 heavy (non-hydrogen) atoms. The van der Waals surface area contributed by atoms with Crippen LogP contribution in [0.4, 0.5) is 4.39 Å². The van der Waals surface area contributed by atoms with E-state index >= 15 is 0 Å². The molecule has 0 aromatic heterocycles. The topological polar surface area (TPSA) is 29.1 Å². The molecule has 1 aromatic rings. The van der Waals surface area contributed by atoms with Gasteiger partial charge in [-0.05, 0) is 24.6 Å². The van der Waals surface area contributed by atoms with Gasteiger partial charge in [0.2, 0.25) is 5.91 Å². The van der Waals surface area contributed by atoms with Crippen molar-refractivity contribution in [3.05, 3.63) is 34.1 Å². The highest BCUT2D eigenvalue weighted by molar-refractivity contribution is 9.10. The summed E-state index contributed by atoms with van der Waals surface area (Å²) >= 11 is 9.11. The third kappa shape index (κ3) is 3.46. The molecule has 0 spiro atoms. The van der Waals surface area contributed by atoms with E-state index in [1.807, 2.05) is 6.92 Å². The van der Waals surface area contributed by atoms with Crippen molar-refractivity contribution in [1.82, 2.24) is 5.32 Å². The Hall–Kier alpha value is -0.610. The summed E-state index contributed by atoms with van der Waals surface area (Å²) in [6, 6.07) is 4.35. The van der Waals surface area contributed by atoms with Gasteiger partial charge in [-0.3, -0.25) is 4.79 Å². The summed E-state index contributed by atoms with van der Waals surface area (Å²) in [5.74, 6) is -0.852. The summed E-state index contributed by atoms with van der Waals surface area (Å²) in [7, 11) is 0. The number of carbonyl (C=O) groups excluding carboxylic acids is 1. The van der Waals surface area contributed by atoms with Crippen LogP contribution in [0, 0.1) is 5.82 Å². The van der Waals surface area contributed by atoms with Gasteiger partial charge in [-0.15, -0.1) is 11.6 Å². The zero-order valence-electron chi connectivity index (χ0n) is 8.77. The van der Waals surface area contributed by atoms with Crippen LogP contribution in [0.2, 0.25) is 0 Å². The third-order valence-corrected chi connectivity index (χ3v) is 2.94. The van der Waals surface area contributed by atoms with Crippen LogP contribution in [0.5, 0.6) is 0 Å². The molecule has 5 heteroatoms. The molecule has 1 rings (SSSR count). The normalized spacial score (nSPS) is 12.2. The molecule has 0 heterocycles. The summed E-state index contributed by atoms with van der Waals surface area (Å²) in [5.41, 5.74) is 0.185. The third-order valence-electron chi connectivity index (χ3n) is 2.01. The number of hydrogen-bond donors (Lipinski definition) is 1. The Morgan fingerprint density at radius 3 is 2.94 bits per heavy atom. The van der Waals surface area contributed by atoms with Gasteiger partial charge < -0.3 is 5.32 Å². The van der Waals surface area contributed by atoms with Crippen LogP contribution in [0.1, 0.15) is 24.3 Å². The van der Waals surface area contributed by atoms with Gasteiger partial charge in [0.1, 0.15) is 11.2 Å². The van der Waals surface area contributed by atoms with Crippen LogP contribution in [0.3, 0.4) is 0 Å². The van der Waals surface area contributed by atoms with E-state index in [0.717, 1.165) is 6.42 Å². The van der Waals surface area contributed by atoms with Crippen LogP contribution in [0.15, 0.2) is 22.7 Å². The van der Waals surface area contributed by atoms with Gasteiger partial charge in [-0.25, -0.2) is 4.39 Å². The van der Waals surface area contributed by atoms with Gasteiger partial charge >= 0.3 is 0 Å². The number of carbonyl (C=O) groups is 1. The Morgan fingerprint density at radius 1 is 1.62 bits per heavy atom. The molecule has 0 saturated carbocycles. The lowest BCUT2D eigenvalue weighted by Crippen LogP contribution is -2.27. The molecular formula is C11H12BrClFNO.